The number of rotatable bonds is 6. The maximum atomic E-state index is 10.6. The molecule has 100 valence electrons. The van der Waals surface area contributed by atoms with Crippen molar-refractivity contribution in [2.45, 2.75) is 45.1 Å². The van der Waals surface area contributed by atoms with Gasteiger partial charge in [-0.1, -0.05) is 6.92 Å². The Bertz CT molecular complexity index is 399. The predicted octanol–water partition coefficient (Wildman–Crippen LogP) is 1.44. The molecule has 1 aromatic heterocycles. The molecule has 0 bridgehead atoms. The summed E-state index contributed by atoms with van der Waals surface area (Å²) in [6.45, 7) is 2.67. The van der Waals surface area contributed by atoms with Gasteiger partial charge in [0, 0.05) is 19.4 Å². The van der Waals surface area contributed by atoms with Crippen molar-refractivity contribution in [1.29, 1.82) is 0 Å². The molecular formula is C12H18N2O4. The van der Waals surface area contributed by atoms with Gasteiger partial charge >= 0.3 is 5.97 Å². The molecule has 1 N–H and O–H groups in total. The number of nitrogens with zero attached hydrogens (tertiary/aromatic N) is 2. The molecule has 2 atom stereocenters. The van der Waals surface area contributed by atoms with Gasteiger partial charge in [-0.25, -0.2) is 0 Å². The molecule has 1 aliphatic heterocycles. The zero-order chi connectivity index (χ0) is 13.0. The summed E-state index contributed by atoms with van der Waals surface area (Å²) in [5.41, 5.74) is 0. The summed E-state index contributed by atoms with van der Waals surface area (Å²) in [7, 11) is 0. The first-order chi connectivity index (χ1) is 8.63. The van der Waals surface area contributed by atoms with Crippen molar-refractivity contribution in [3.8, 4) is 0 Å². The van der Waals surface area contributed by atoms with Gasteiger partial charge in [-0.2, -0.15) is 0 Å². The van der Waals surface area contributed by atoms with Crippen molar-refractivity contribution < 1.29 is 19.1 Å². The first kappa shape index (κ1) is 13.0. The first-order valence-corrected chi connectivity index (χ1v) is 6.28. The van der Waals surface area contributed by atoms with Crippen LogP contribution < -0.4 is 0 Å². The molecule has 2 unspecified atom stereocenters. The quantitative estimate of drug-likeness (QED) is 0.826. The molecule has 1 aromatic rings. The van der Waals surface area contributed by atoms with Crippen LogP contribution in [0.3, 0.4) is 0 Å². The standard InChI is InChI=1S/C12H18N2O4/c1-8(6-12(15)16)5-10-13-14-11(18-10)7-9-3-2-4-17-9/h8-9H,2-7H2,1H3,(H,15,16). The molecule has 2 heterocycles. The lowest BCUT2D eigenvalue weighted by molar-refractivity contribution is -0.137. The Morgan fingerprint density at radius 3 is 2.94 bits per heavy atom. The lowest BCUT2D eigenvalue weighted by Crippen LogP contribution is -2.09. The number of carbonyl (C=O) groups is 1. The highest BCUT2D eigenvalue weighted by molar-refractivity contribution is 5.66. The highest BCUT2D eigenvalue weighted by atomic mass is 16.5. The van der Waals surface area contributed by atoms with E-state index in [2.05, 4.69) is 10.2 Å². The van der Waals surface area contributed by atoms with E-state index in [0.29, 0.717) is 24.6 Å². The summed E-state index contributed by atoms with van der Waals surface area (Å²) in [5.74, 6) is 0.288. The fourth-order valence-corrected chi connectivity index (χ4v) is 2.12. The maximum absolute atomic E-state index is 10.6. The lowest BCUT2D eigenvalue weighted by atomic mass is 10.0. The second-order valence-electron chi connectivity index (χ2n) is 4.84. The molecule has 0 saturated carbocycles. The van der Waals surface area contributed by atoms with Crippen molar-refractivity contribution in [3.05, 3.63) is 11.8 Å². The first-order valence-electron chi connectivity index (χ1n) is 6.28. The third kappa shape index (κ3) is 3.80. The van der Waals surface area contributed by atoms with E-state index in [9.17, 15) is 4.79 Å². The van der Waals surface area contributed by atoms with Crippen LogP contribution in [0.5, 0.6) is 0 Å². The van der Waals surface area contributed by atoms with E-state index >= 15 is 0 Å². The highest BCUT2D eigenvalue weighted by Crippen LogP contribution is 2.17. The summed E-state index contributed by atoms with van der Waals surface area (Å²) in [6.07, 6.45) is 3.58. The van der Waals surface area contributed by atoms with Crippen LogP contribution in [0.15, 0.2) is 4.42 Å². The van der Waals surface area contributed by atoms with Crippen LogP contribution in [0.1, 0.15) is 38.0 Å². The Balaban J connectivity index is 1.83. The van der Waals surface area contributed by atoms with Gasteiger partial charge in [-0.3, -0.25) is 4.79 Å². The Labute approximate surface area is 105 Å². The number of hydrogen-bond donors (Lipinski definition) is 1. The fourth-order valence-electron chi connectivity index (χ4n) is 2.12. The molecule has 0 radical (unpaired) electrons. The number of aromatic nitrogens is 2. The van der Waals surface area contributed by atoms with Crippen molar-refractivity contribution >= 4 is 5.97 Å². The number of carboxylic acids is 1. The maximum Gasteiger partial charge on any atom is 0.303 e. The van der Waals surface area contributed by atoms with Gasteiger partial charge in [0.1, 0.15) is 0 Å². The molecule has 0 aliphatic carbocycles. The van der Waals surface area contributed by atoms with Gasteiger partial charge in [-0.05, 0) is 18.8 Å². The summed E-state index contributed by atoms with van der Waals surface area (Å²) in [4.78, 5) is 10.6. The molecule has 0 aromatic carbocycles. The number of aliphatic carboxylic acids is 1. The molecular weight excluding hydrogens is 236 g/mol. The normalized spacial score (nSPS) is 21.1. The summed E-state index contributed by atoms with van der Waals surface area (Å²) in [5, 5.41) is 16.6. The molecule has 18 heavy (non-hydrogen) atoms. The van der Waals surface area contributed by atoms with Crippen molar-refractivity contribution in [2.24, 2.45) is 5.92 Å². The molecule has 1 saturated heterocycles. The number of carboxylic acid groups (broad SMARTS) is 1. The second-order valence-corrected chi connectivity index (χ2v) is 4.84. The molecule has 2 rings (SSSR count). The molecule has 6 heteroatoms. The Kier molecular flexibility index (Phi) is 4.30. The average molecular weight is 254 g/mol. The second kappa shape index (κ2) is 5.95. The van der Waals surface area contributed by atoms with Crippen molar-refractivity contribution in [3.63, 3.8) is 0 Å². The molecule has 0 spiro atoms. The van der Waals surface area contributed by atoms with Crippen molar-refractivity contribution in [1.82, 2.24) is 10.2 Å². The number of ether oxygens (including phenoxy) is 1. The predicted molar refractivity (Wildman–Crippen MR) is 62.1 cm³/mol. The highest BCUT2D eigenvalue weighted by Gasteiger charge is 2.20. The van der Waals surface area contributed by atoms with Crippen LogP contribution in [0.25, 0.3) is 0 Å². The van der Waals surface area contributed by atoms with Gasteiger partial charge in [0.15, 0.2) is 0 Å². The Morgan fingerprint density at radius 2 is 2.28 bits per heavy atom. The summed E-state index contributed by atoms with van der Waals surface area (Å²) in [6, 6.07) is 0. The van der Waals surface area contributed by atoms with Crippen LogP contribution in [0, 0.1) is 5.92 Å². The van der Waals surface area contributed by atoms with Crippen LogP contribution >= 0.6 is 0 Å². The minimum Gasteiger partial charge on any atom is -0.481 e. The molecule has 1 fully saturated rings. The minimum atomic E-state index is -0.804. The van der Waals surface area contributed by atoms with Gasteiger partial charge < -0.3 is 14.3 Å². The monoisotopic (exact) mass is 254 g/mol. The van der Waals surface area contributed by atoms with E-state index in [-0.39, 0.29) is 18.4 Å². The van der Waals surface area contributed by atoms with E-state index in [1.165, 1.54) is 0 Å². The van der Waals surface area contributed by atoms with Gasteiger partial charge in [-0.15, -0.1) is 10.2 Å². The molecule has 6 nitrogen and oxygen atoms in total. The van der Waals surface area contributed by atoms with Crippen LogP contribution in [-0.4, -0.2) is 34.0 Å². The van der Waals surface area contributed by atoms with Crippen LogP contribution in [-0.2, 0) is 22.4 Å². The van der Waals surface area contributed by atoms with Crippen LogP contribution in [0.4, 0.5) is 0 Å². The topological polar surface area (TPSA) is 85.5 Å². The van der Waals surface area contributed by atoms with E-state index in [0.717, 1.165) is 19.4 Å². The SMILES string of the molecule is CC(CC(=O)O)Cc1nnc(CC2CCCO2)o1. The van der Waals surface area contributed by atoms with E-state index in [4.69, 9.17) is 14.3 Å². The van der Waals surface area contributed by atoms with Gasteiger partial charge in [0.05, 0.1) is 12.5 Å². The van der Waals surface area contributed by atoms with Crippen LogP contribution in [0.2, 0.25) is 0 Å². The zero-order valence-electron chi connectivity index (χ0n) is 10.5. The average Bonchev–Trinajstić information content (AvgIpc) is 2.89. The number of hydrogen-bond acceptors (Lipinski definition) is 5. The minimum absolute atomic E-state index is 0.00136. The van der Waals surface area contributed by atoms with E-state index in [1.54, 1.807) is 0 Å². The fraction of sp³-hybridized carbons (Fsp3) is 0.750. The van der Waals surface area contributed by atoms with E-state index < -0.39 is 5.97 Å². The Hall–Kier alpha value is -1.43. The lowest BCUT2D eigenvalue weighted by Gasteiger charge is -2.05. The third-order valence-corrected chi connectivity index (χ3v) is 2.98. The van der Waals surface area contributed by atoms with Crippen molar-refractivity contribution in [2.75, 3.05) is 6.61 Å². The molecule has 1 aliphatic rings. The van der Waals surface area contributed by atoms with E-state index in [1.807, 2.05) is 6.92 Å². The largest absolute Gasteiger partial charge is 0.481 e. The van der Waals surface area contributed by atoms with Gasteiger partial charge in [0.25, 0.3) is 0 Å². The smallest absolute Gasteiger partial charge is 0.303 e. The molecule has 0 amide bonds. The summed E-state index contributed by atoms with van der Waals surface area (Å²) >= 11 is 0. The summed E-state index contributed by atoms with van der Waals surface area (Å²) < 4.78 is 11.0. The van der Waals surface area contributed by atoms with Gasteiger partial charge in [0.2, 0.25) is 11.8 Å². The Morgan fingerprint density at radius 1 is 1.50 bits per heavy atom. The zero-order valence-corrected chi connectivity index (χ0v) is 10.5. The third-order valence-electron chi connectivity index (χ3n) is 2.98.